The number of aryl methyl sites for hydroxylation is 1. The van der Waals surface area contributed by atoms with E-state index in [1.165, 1.54) is 0 Å². The maximum Gasteiger partial charge on any atom is 0.352 e. The molecule has 0 saturated heterocycles. The van der Waals surface area contributed by atoms with Crippen LogP contribution in [0.2, 0.25) is 0 Å². The maximum atomic E-state index is 11.6. The Morgan fingerprint density at radius 1 is 1.38 bits per heavy atom. The van der Waals surface area contributed by atoms with Crippen LogP contribution >= 0.6 is 0 Å². The fourth-order valence-electron chi connectivity index (χ4n) is 1.69. The van der Waals surface area contributed by atoms with Gasteiger partial charge in [-0.3, -0.25) is 0 Å². The SMILES string of the molecule is CCOC(=O)c1c(C)[nH]c(C(=O)O)c1CC. The van der Waals surface area contributed by atoms with Crippen LogP contribution in [0.4, 0.5) is 0 Å². The molecule has 0 atom stereocenters. The van der Waals surface area contributed by atoms with E-state index in [2.05, 4.69) is 4.98 Å². The number of carboxylic acid groups (broad SMARTS) is 1. The van der Waals surface area contributed by atoms with Crippen molar-refractivity contribution in [3.05, 3.63) is 22.5 Å². The third-order valence-electron chi connectivity index (χ3n) is 2.34. The van der Waals surface area contributed by atoms with E-state index in [1.807, 2.05) is 0 Å². The Morgan fingerprint density at radius 3 is 2.44 bits per heavy atom. The highest BCUT2D eigenvalue weighted by atomic mass is 16.5. The molecular formula is C11H15NO4. The van der Waals surface area contributed by atoms with Crippen LogP contribution in [0.15, 0.2) is 0 Å². The van der Waals surface area contributed by atoms with Crippen LogP contribution in [0.3, 0.4) is 0 Å². The molecule has 0 aliphatic rings. The lowest BCUT2D eigenvalue weighted by Gasteiger charge is -2.03. The third-order valence-corrected chi connectivity index (χ3v) is 2.34. The number of aromatic amines is 1. The number of rotatable bonds is 4. The number of H-pyrrole nitrogens is 1. The third kappa shape index (κ3) is 2.08. The molecule has 0 radical (unpaired) electrons. The number of esters is 1. The van der Waals surface area contributed by atoms with Gasteiger partial charge in [-0.05, 0) is 25.8 Å². The molecule has 5 nitrogen and oxygen atoms in total. The molecule has 1 rings (SSSR count). The molecular weight excluding hydrogens is 210 g/mol. The van der Waals surface area contributed by atoms with Crippen molar-refractivity contribution in [1.82, 2.24) is 4.98 Å². The van der Waals surface area contributed by atoms with Gasteiger partial charge in [-0.1, -0.05) is 6.92 Å². The molecule has 88 valence electrons. The molecule has 16 heavy (non-hydrogen) atoms. The zero-order chi connectivity index (χ0) is 12.3. The average Bonchev–Trinajstić information content (AvgIpc) is 2.55. The Labute approximate surface area is 93.4 Å². The fourth-order valence-corrected chi connectivity index (χ4v) is 1.69. The summed E-state index contributed by atoms with van der Waals surface area (Å²) in [6, 6.07) is 0. The van der Waals surface area contributed by atoms with E-state index in [9.17, 15) is 9.59 Å². The van der Waals surface area contributed by atoms with Crippen molar-refractivity contribution in [2.75, 3.05) is 6.61 Å². The number of carbonyl (C=O) groups excluding carboxylic acids is 1. The Hall–Kier alpha value is -1.78. The average molecular weight is 225 g/mol. The Morgan fingerprint density at radius 2 is 2.00 bits per heavy atom. The predicted molar refractivity (Wildman–Crippen MR) is 57.8 cm³/mol. The molecule has 1 aromatic rings. The summed E-state index contributed by atoms with van der Waals surface area (Å²) in [5.41, 5.74) is 1.46. The van der Waals surface area contributed by atoms with Crippen molar-refractivity contribution >= 4 is 11.9 Å². The molecule has 0 aliphatic heterocycles. The van der Waals surface area contributed by atoms with E-state index >= 15 is 0 Å². The summed E-state index contributed by atoms with van der Waals surface area (Å²) >= 11 is 0. The molecule has 0 unspecified atom stereocenters. The number of ether oxygens (including phenoxy) is 1. The van der Waals surface area contributed by atoms with E-state index in [-0.39, 0.29) is 12.3 Å². The van der Waals surface area contributed by atoms with Gasteiger partial charge in [0.2, 0.25) is 0 Å². The zero-order valence-electron chi connectivity index (χ0n) is 9.59. The highest BCUT2D eigenvalue weighted by molar-refractivity contribution is 5.98. The standard InChI is InChI=1S/C11H15NO4/c1-4-7-8(11(15)16-5-2)6(3)12-9(7)10(13)14/h12H,4-5H2,1-3H3,(H,13,14). The maximum absolute atomic E-state index is 11.6. The van der Waals surface area contributed by atoms with Gasteiger partial charge in [-0.2, -0.15) is 0 Å². The minimum absolute atomic E-state index is 0.0723. The summed E-state index contributed by atoms with van der Waals surface area (Å²) in [6.07, 6.45) is 0.472. The Balaban J connectivity index is 3.27. The van der Waals surface area contributed by atoms with Crippen LogP contribution in [0.1, 0.15) is 46.0 Å². The van der Waals surface area contributed by atoms with Crippen molar-refractivity contribution in [2.24, 2.45) is 0 Å². The number of hydrogen-bond donors (Lipinski definition) is 2. The number of carbonyl (C=O) groups is 2. The van der Waals surface area contributed by atoms with Gasteiger partial charge in [-0.15, -0.1) is 0 Å². The van der Waals surface area contributed by atoms with Crippen molar-refractivity contribution in [1.29, 1.82) is 0 Å². The largest absolute Gasteiger partial charge is 0.477 e. The number of aromatic nitrogens is 1. The monoisotopic (exact) mass is 225 g/mol. The van der Waals surface area contributed by atoms with E-state index in [4.69, 9.17) is 9.84 Å². The molecule has 1 aromatic heterocycles. The molecule has 0 aliphatic carbocycles. The van der Waals surface area contributed by atoms with Gasteiger partial charge in [0.1, 0.15) is 5.69 Å². The highest BCUT2D eigenvalue weighted by Gasteiger charge is 2.23. The fraction of sp³-hybridized carbons (Fsp3) is 0.455. The van der Waals surface area contributed by atoms with Gasteiger partial charge in [-0.25, -0.2) is 9.59 Å². The van der Waals surface area contributed by atoms with Crippen LogP contribution in [0.25, 0.3) is 0 Å². The van der Waals surface area contributed by atoms with Crippen LogP contribution in [-0.2, 0) is 11.2 Å². The second-order valence-corrected chi connectivity index (χ2v) is 3.36. The van der Waals surface area contributed by atoms with Gasteiger partial charge in [0.15, 0.2) is 0 Å². The van der Waals surface area contributed by atoms with Crippen LogP contribution in [0, 0.1) is 6.92 Å². The summed E-state index contributed by atoms with van der Waals surface area (Å²) < 4.78 is 4.89. The quantitative estimate of drug-likeness (QED) is 0.765. The van der Waals surface area contributed by atoms with Crippen LogP contribution < -0.4 is 0 Å². The second-order valence-electron chi connectivity index (χ2n) is 3.36. The van der Waals surface area contributed by atoms with Gasteiger partial charge in [0.05, 0.1) is 12.2 Å². The van der Waals surface area contributed by atoms with Gasteiger partial charge in [0, 0.05) is 5.69 Å². The van der Waals surface area contributed by atoms with Gasteiger partial charge in [0.25, 0.3) is 0 Å². The summed E-state index contributed by atoms with van der Waals surface area (Å²) in [5.74, 6) is -1.53. The molecule has 0 saturated carbocycles. The Kier molecular flexibility index (Phi) is 3.71. The number of carboxylic acids is 1. The Bertz CT molecular complexity index is 420. The molecule has 0 spiro atoms. The lowest BCUT2D eigenvalue weighted by atomic mass is 10.1. The van der Waals surface area contributed by atoms with Crippen molar-refractivity contribution in [3.8, 4) is 0 Å². The van der Waals surface area contributed by atoms with Crippen molar-refractivity contribution in [2.45, 2.75) is 27.2 Å². The normalized spacial score (nSPS) is 10.2. The predicted octanol–water partition coefficient (Wildman–Crippen LogP) is 1.76. The minimum atomic E-state index is -1.06. The summed E-state index contributed by atoms with van der Waals surface area (Å²) in [6.45, 7) is 5.45. The zero-order valence-corrected chi connectivity index (χ0v) is 9.59. The van der Waals surface area contributed by atoms with Gasteiger partial charge >= 0.3 is 11.9 Å². The van der Waals surface area contributed by atoms with E-state index < -0.39 is 11.9 Å². The van der Waals surface area contributed by atoms with Crippen molar-refractivity contribution < 1.29 is 19.4 Å². The topological polar surface area (TPSA) is 79.4 Å². The highest BCUT2D eigenvalue weighted by Crippen LogP contribution is 2.20. The summed E-state index contributed by atoms with van der Waals surface area (Å²) in [4.78, 5) is 25.3. The second kappa shape index (κ2) is 4.83. The lowest BCUT2D eigenvalue weighted by molar-refractivity contribution is 0.0524. The van der Waals surface area contributed by atoms with Crippen LogP contribution in [-0.4, -0.2) is 28.6 Å². The van der Waals surface area contributed by atoms with Crippen molar-refractivity contribution in [3.63, 3.8) is 0 Å². The first-order valence-electron chi connectivity index (χ1n) is 5.14. The molecule has 5 heteroatoms. The number of nitrogens with one attached hydrogen (secondary N) is 1. The van der Waals surface area contributed by atoms with E-state index in [0.29, 0.717) is 23.2 Å². The lowest BCUT2D eigenvalue weighted by Crippen LogP contribution is -2.09. The first-order valence-corrected chi connectivity index (χ1v) is 5.14. The molecule has 0 fully saturated rings. The summed E-state index contributed by atoms with van der Waals surface area (Å²) in [5, 5.41) is 8.96. The smallest absolute Gasteiger partial charge is 0.352 e. The molecule has 1 heterocycles. The van der Waals surface area contributed by atoms with Crippen LogP contribution in [0.5, 0.6) is 0 Å². The van der Waals surface area contributed by atoms with E-state index in [0.717, 1.165) is 0 Å². The van der Waals surface area contributed by atoms with E-state index in [1.54, 1.807) is 20.8 Å². The first kappa shape index (κ1) is 12.3. The molecule has 0 bridgehead atoms. The minimum Gasteiger partial charge on any atom is -0.477 e. The number of hydrogen-bond acceptors (Lipinski definition) is 3. The van der Waals surface area contributed by atoms with Gasteiger partial charge < -0.3 is 14.8 Å². The molecule has 0 amide bonds. The summed E-state index contributed by atoms with van der Waals surface area (Å²) in [7, 11) is 0. The number of aromatic carboxylic acids is 1. The molecule has 0 aromatic carbocycles. The molecule has 2 N–H and O–H groups in total. The first-order chi connectivity index (χ1) is 7.52.